The van der Waals surface area contributed by atoms with Crippen molar-refractivity contribution in [3.63, 3.8) is 0 Å². The third-order valence-electron chi connectivity index (χ3n) is 2.09. The van der Waals surface area contributed by atoms with Gasteiger partial charge in [-0.15, -0.1) is 0 Å². The van der Waals surface area contributed by atoms with E-state index in [1.807, 2.05) is 5.32 Å². The Balaban J connectivity index is 2.63. The second kappa shape index (κ2) is 6.55. The zero-order valence-electron chi connectivity index (χ0n) is 9.77. The first-order chi connectivity index (χ1) is 8.82. The van der Waals surface area contributed by atoms with Gasteiger partial charge in [0.15, 0.2) is 17.5 Å². The Morgan fingerprint density at radius 1 is 1.26 bits per heavy atom. The minimum Gasteiger partial charge on any atom is -0.346 e. The summed E-state index contributed by atoms with van der Waals surface area (Å²) in [4.78, 5) is 22.0. The van der Waals surface area contributed by atoms with Crippen molar-refractivity contribution in [2.75, 3.05) is 11.9 Å². The number of halogens is 4. The molecular formula is C11H10BrF3N2O2. The topological polar surface area (TPSA) is 58.2 Å². The van der Waals surface area contributed by atoms with Crippen LogP contribution in [0.25, 0.3) is 0 Å². The van der Waals surface area contributed by atoms with Gasteiger partial charge in [0.2, 0.25) is 11.8 Å². The Labute approximate surface area is 115 Å². The normalized spacial score (nSPS) is 11.8. The highest BCUT2D eigenvalue weighted by atomic mass is 79.9. The molecule has 0 aromatic heterocycles. The monoisotopic (exact) mass is 338 g/mol. The van der Waals surface area contributed by atoms with Crippen molar-refractivity contribution in [1.29, 1.82) is 0 Å². The molecule has 0 saturated carbocycles. The van der Waals surface area contributed by atoms with Crippen LogP contribution in [0, 0.1) is 17.5 Å². The Bertz CT molecular complexity index is 509. The van der Waals surface area contributed by atoms with Crippen LogP contribution in [0.15, 0.2) is 12.1 Å². The molecule has 19 heavy (non-hydrogen) atoms. The summed E-state index contributed by atoms with van der Waals surface area (Å²) >= 11 is 2.99. The van der Waals surface area contributed by atoms with Crippen LogP contribution in [0.5, 0.6) is 0 Å². The van der Waals surface area contributed by atoms with E-state index >= 15 is 0 Å². The number of benzene rings is 1. The Hall–Kier alpha value is -1.57. The van der Waals surface area contributed by atoms with E-state index in [2.05, 4.69) is 21.2 Å². The highest BCUT2D eigenvalue weighted by Crippen LogP contribution is 2.19. The SMILES string of the molecule is CC(Br)C(=O)NCC(=O)Nc1ccc(F)c(F)c1F. The van der Waals surface area contributed by atoms with Gasteiger partial charge in [-0.25, -0.2) is 13.2 Å². The first-order valence-corrected chi connectivity index (χ1v) is 6.09. The summed E-state index contributed by atoms with van der Waals surface area (Å²) in [5.74, 6) is -5.70. The third kappa shape index (κ3) is 4.23. The standard InChI is InChI=1S/C11H10BrF3N2O2/c1-5(12)11(19)16-4-8(18)17-7-3-2-6(13)9(14)10(7)15/h2-3,5H,4H2,1H3,(H,16,19)(H,17,18). The molecule has 2 N–H and O–H groups in total. The van der Waals surface area contributed by atoms with Crippen LogP contribution in [-0.2, 0) is 9.59 Å². The van der Waals surface area contributed by atoms with Crippen molar-refractivity contribution >= 4 is 33.4 Å². The van der Waals surface area contributed by atoms with Gasteiger partial charge >= 0.3 is 0 Å². The quantitative estimate of drug-likeness (QED) is 0.651. The van der Waals surface area contributed by atoms with Gasteiger partial charge in [0.05, 0.1) is 17.1 Å². The molecular weight excluding hydrogens is 329 g/mol. The van der Waals surface area contributed by atoms with Crippen LogP contribution < -0.4 is 10.6 Å². The van der Waals surface area contributed by atoms with E-state index < -0.39 is 46.3 Å². The molecule has 0 fully saturated rings. The number of alkyl halides is 1. The molecule has 0 aliphatic carbocycles. The number of carbonyl (C=O) groups excluding carboxylic acids is 2. The minimum absolute atomic E-state index is 0.410. The molecule has 2 amide bonds. The molecule has 104 valence electrons. The van der Waals surface area contributed by atoms with Gasteiger partial charge in [-0.2, -0.15) is 0 Å². The van der Waals surface area contributed by atoms with Crippen LogP contribution in [0.1, 0.15) is 6.92 Å². The fourth-order valence-electron chi connectivity index (χ4n) is 1.12. The number of carbonyl (C=O) groups is 2. The molecule has 0 spiro atoms. The number of rotatable bonds is 4. The van der Waals surface area contributed by atoms with Crippen LogP contribution in [-0.4, -0.2) is 23.2 Å². The number of hydrogen-bond donors (Lipinski definition) is 2. The maximum absolute atomic E-state index is 13.2. The molecule has 1 rings (SSSR count). The lowest BCUT2D eigenvalue weighted by Gasteiger charge is -2.09. The first kappa shape index (κ1) is 15.5. The van der Waals surface area contributed by atoms with Gasteiger partial charge < -0.3 is 10.6 Å². The van der Waals surface area contributed by atoms with Crippen LogP contribution >= 0.6 is 15.9 Å². The second-order valence-electron chi connectivity index (χ2n) is 3.60. The summed E-state index contributed by atoms with van der Waals surface area (Å²) in [5, 5.41) is 4.28. The molecule has 0 aliphatic rings. The molecule has 0 bridgehead atoms. The highest BCUT2D eigenvalue weighted by Gasteiger charge is 2.16. The lowest BCUT2D eigenvalue weighted by Crippen LogP contribution is -2.36. The van der Waals surface area contributed by atoms with E-state index in [1.165, 1.54) is 0 Å². The minimum atomic E-state index is -1.67. The summed E-state index contributed by atoms with van der Waals surface area (Å²) in [6.07, 6.45) is 0. The van der Waals surface area contributed by atoms with E-state index in [0.29, 0.717) is 6.07 Å². The summed E-state index contributed by atoms with van der Waals surface area (Å²) in [5.41, 5.74) is -0.495. The molecule has 0 aliphatic heterocycles. The third-order valence-corrected chi connectivity index (χ3v) is 2.51. The number of amides is 2. The molecule has 0 radical (unpaired) electrons. The average molecular weight is 339 g/mol. The van der Waals surface area contributed by atoms with Gasteiger partial charge in [-0.1, -0.05) is 15.9 Å². The maximum Gasteiger partial charge on any atom is 0.243 e. The van der Waals surface area contributed by atoms with E-state index in [4.69, 9.17) is 0 Å². The highest BCUT2D eigenvalue weighted by molar-refractivity contribution is 9.10. The van der Waals surface area contributed by atoms with Crippen LogP contribution in [0.4, 0.5) is 18.9 Å². The molecule has 0 heterocycles. The van der Waals surface area contributed by atoms with Crippen LogP contribution in [0.3, 0.4) is 0 Å². The molecule has 1 atom stereocenters. The molecule has 0 saturated heterocycles. The van der Waals surface area contributed by atoms with Gasteiger partial charge in [-0.05, 0) is 19.1 Å². The predicted molar refractivity (Wildman–Crippen MR) is 66.3 cm³/mol. The molecule has 1 aromatic rings. The average Bonchev–Trinajstić information content (AvgIpc) is 2.36. The van der Waals surface area contributed by atoms with Gasteiger partial charge in [-0.3, -0.25) is 9.59 Å². The fourth-order valence-corrected chi connectivity index (χ4v) is 1.29. The second-order valence-corrected chi connectivity index (χ2v) is 4.98. The summed E-state index contributed by atoms with van der Waals surface area (Å²) in [6.45, 7) is 1.15. The molecule has 1 aromatic carbocycles. The van der Waals surface area contributed by atoms with E-state index in [9.17, 15) is 22.8 Å². The summed E-state index contributed by atoms with van der Waals surface area (Å²) < 4.78 is 38.8. The number of hydrogen-bond acceptors (Lipinski definition) is 2. The van der Waals surface area contributed by atoms with Crippen molar-refractivity contribution in [3.05, 3.63) is 29.6 Å². The molecule has 1 unspecified atom stereocenters. The predicted octanol–water partition coefficient (Wildman–Crippen LogP) is 1.94. The number of anilines is 1. The maximum atomic E-state index is 13.2. The smallest absolute Gasteiger partial charge is 0.243 e. The zero-order valence-corrected chi connectivity index (χ0v) is 11.4. The van der Waals surface area contributed by atoms with Gasteiger partial charge in [0.25, 0.3) is 0 Å². The van der Waals surface area contributed by atoms with Crippen LogP contribution in [0.2, 0.25) is 0 Å². The van der Waals surface area contributed by atoms with Gasteiger partial charge in [0, 0.05) is 0 Å². The van der Waals surface area contributed by atoms with E-state index in [1.54, 1.807) is 6.92 Å². The summed E-state index contributed by atoms with van der Waals surface area (Å²) in [6, 6.07) is 1.58. The van der Waals surface area contributed by atoms with Crippen molar-refractivity contribution in [1.82, 2.24) is 5.32 Å². The summed E-state index contributed by atoms with van der Waals surface area (Å²) in [7, 11) is 0. The Kier molecular flexibility index (Phi) is 5.34. The van der Waals surface area contributed by atoms with E-state index in [-0.39, 0.29) is 0 Å². The number of nitrogens with one attached hydrogen (secondary N) is 2. The Morgan fingerprint density at radius 2 is 1.89 bits per heavy atom. The molecule has 4 nitrogen and oxygen atoms in total. The first-order valence-electron chi connectivity index (χ1n) is 5.18. The van der Waals surface area contributed by atoms with Crippen molar-refractivity contribution in [3.8, 4) is 0 Å². The zero-order chi connectivity index (χ0) is 14.6. The van der Waals surface area contributed by atoms with E-state index in [0.717, 1.165) is 6.07 Å². The largest absolute Gasteiger partial charge is 0.346 e. The van der Waals surface area contributed by atoms with Crippen molar-refractivity contribution < 1.29 is 22.8 Å². The molecule has 8 heteroatoms. The lowest BCUT2D eigenvalue weighted by atomic mass is 10.2. The van der Waals surface area contributed by atoms with Gasteiger partial charge in [0.1, 0.15) is 0 Å². The van der Waals surface area contributed by atoms with Crippen molar-refractivity contribution in [2.45, 2.75) is 11.8 Å². The Morgan fingerprint density at radius 3 is 2.47 bits per heavy atom. The lowest BCUT2D eigenvalue weighted by molar-refractivity contribution is -0.123. The fraction of sp³-hybridized carbons (Fsp3) is 0.273. The van der Waals surface area contributed by atoms with Crippen molar-refractivity contribution in [2.24, 2.45) is 0 Å².